The lowest BCUT2D eigenvalue weighted by molar-refractivity contribution is -0.119. The molecule has 2 heterocycles. The lowest BCUT2D eigenvalue weighted by Gasteiger charge is -2.03. The maximum atomic E-state index is 13.0. The molecule has 1 fully saturated rings. The Labute approximate surface area is 129 Å². The van der Waals surface area contributed by atoms with Crippen molar-refractivity contribution in [3.63, 3.8) is 0 Å². The quantitative estimate of drug-likeness (QED) is 0.779. The smallest absolute Gasteiger partial charge is 0.260 e. The molecule has 2 aromatic heterocycles. The number of carbonyl (C=O) groups excluding carboxylic acids is 1. The summed E-state index contributed by atoms with van der Waals surface area (Å²) >= 11 is 0. The van der Waals surface area contributed by atoms with Crippen LogP contribution in [0.3, 0.4) is 0 Å². The van der Waals surface area contributed by atoms with E-state index in [0.29, 0.717) is 22.5 Å². The van der Waals surface area contributed by atoms with Gasteiger partial charge in [-0.1, -0.05) is 30.3 Å². The number of aromatic nitrogens is 4. The molecule has 0 radical (unpaired) electrons. The number of rotatable bonds is 3. The summed E-state index contributed by atoms with van der Waals surface area (Å²) in [6.45, 7) is 0. The summed E-state index contributed by atoms with van der Waals surface area (Å²) in [5, 5.41) is 14.3. The van der Waals surface area contributed by atoms with E-state index >= 15 is 0 Å². The van der Waals surface area contributed by atoms with Gasteiger partial charge in [-0.15, -0.1) is 0 Å². The minimum atomic E-state index is -2.90. The van der Waals surface area contributed by atoms with Crippen molar-refractivity contribution >= 4 is 22.8 Å². The molecular formula is C15H13F2N5O. The number of aryl methyl sites for hydroxylation is 1. The number of halogens is 2. The average molecular weight is 317 g/mol. The number of benzene rings is 1. The fraction of sp³-hybridized carbons (Fsp3) is 0.267. The second-order valence-electron chi connectivity index (χ2n) is 5.64. The van der Waals surface area contributed by atoms with E-state index in [-0.39, 0.29) is 0 Å². The van der Waals surface area contributed by atoms with E-state index in [1.165, 1.54) is 0 Å². The molecule has 0 aliphatic heterocycles. The van der Waals surface area contributed by atoms with Gasteiger partial charge in [0.15, 0.2) is 5.65 Å². The third kappa shape index (κ3) is 2.18. The van der Waals surface area contributed by atoms with Gasteiger partial charge in [-0.25, -0.2) is 13.5 Å². The van der Waals surface area contributed by atoms with Crippen molar-refractivity contribution in [2.24, 2.45) is 13.0 Å². The molecule has 1 unspecified atom stereocenters. The number of hydrogen-bond acceptors (Lipinski definition) is 3. The minimum absolute atomic E-state index is 0.291. The number of fused-ring (bicyclic) bond motifs is 1. The van der Waals surface area contributed by atoms with Crippen molar-refractivity contribution < 1.29 is 13.6 Å². The Balaban J connectivity index is 1.75. The predicted octanol–water partition coefficient (Wildman–Crippen LogP) is 2.56. The third-order valence-electron chi connectivity index (χ3n) is 3.98. The molecule has 0 bridgehead atoms. The molecule has 8 heteroatoms. The first-order valence-electron chi connectivity index (χ1n) is 7.12. The van der Waals surface area contributed by atoms with Crippen LogP contribution in [0.2, 0.25) is 0 Å². The fourth-order valence-corrected chi connectivity index (χ4v) is 2.63. The van der Waals surface area contributed by atoms with Crippen molar-refractivity contribution in [1.29, 1.82) is 0 Å². The number of alkyl halides is 2. The van der Waals surface area contributed by atoms with Gasteiger partial charge in [0.05, 0.1) is 5.39 Å². The number of nitrogens with zero attached hydrogens (tertiary/aromatic N) is 3. The Morgan fingerprint density at radius 2 is 2.09 bits per heavy atom. The molecule has 1 aliphatic rings. The second kappa shape index (κ2) is 4.61. The van der Waals surface area contributed by atoms with Crippen molar-refractivity contribution in [2.45, 2.75) is 12.3 Å². The van der Waals surface area contributed by atoms with E-state index in [0.717, 1.165) is 5.56 Å². The van der Waals surface area contributed by atoms with Crippen molar-refractivity contribution in [1.82, 2.24) is 20.0 Å². The zero-order valence-corrected chi connectivity index (χ0v) is 12.2. The van der Waals surface area contributed by atoms with E-state index in [1.54, 1.807) is 11.7 Å². The Kier molecular flexibility index (Phi) is 2.78. The summed E-state index contributed by atoms with van der Waals surface area (Å²) in [6.07, 6.45) is -0.408. The molecule has 2 N–H and O–H groups in total. The van der Waals surface area contributed by atoms with Gasteiger partial charge in [0.1, 0.15) is 17.4 Å². The van der Waals surface area contributed by atoms with E-state index in [4.69, 9.17) is 0 Å². The summed E-state index contributed by atoms with van der Waals surface area (Å²) < 4.78 is 27.6. The highest BCUT2D eigenvalue weighted by Crippen LogP contribution is 2.49. The molecule has 1 aromatic carbocycles. The highest BCUT2D eigenvalue weighted by molar-refractivity contribution is 6.06. The molecule has 0 saturated heterocycles. The largest absolute Gasteiger partial charge is 0.310 e. The van der Waals surface area contributed by atoms with Crippen molar-refractivity contribution in [3.05, 3.63) is 30.3 Å². The zero-order chi connectivity index (χ0) is 16.2. The van der Waals surface area contributed by atoms with Crippen LogP contribution in [0.1, 0.15) is 6.42 Å². The summed E-state index contributed by atoms with van der Waals surface area (Å²) in [7, 11) is 1.73. The number of amides is 1. The molecule has 1 aliphatic carbocycles. The van der Waals surface area contributed by atoms with Gasteiger partial charge in [-0.2, -0.15) is 10.2 Å². The molecule has 1 amide bonds. The Hall–Kier alpha value is -2.77. The highest BCUT2D eigenvalue weighted by atomic mass is 19.3. The van der Waals surface area contributed by atoms with Gasteiger partial charge in [0, 0.05) is 19.0 Å². The summed E-state index contributed by atoms with van der Waals surface area (Å²) in [5.74, 6) is -4.58. The van der Waals surface area contributed by atoms with E-state index in [9.17, 15) is 13.6 Å². The van der Waals surface area contributed by atoms with Crippen molar-refractivity contribution in [2.75, 3.05) is 5.32 Å². The number of anilines is 1. The van der Waals surface area contributed by atoms with Crippen LogP contribution in [0.5, 0.6) is 0 Å². The third-order valence-corrected chi connectivity index (χ3v) is 3.98. The lowest BCUT2D eigenvalue weighted by atomic mass is 10.1. The summed E-state index contributed by atoms with van der Waals surface area (Å²) in [5.41, 5.74) is 2.03. The second-order valence-corrected chi connectivity index (χ2v) is 5.64. The van der Waals surface area contributed by atoms with Crippen molar-refractivity contribution in [3.8, 4) is 11.3 Å². The Morgan fingerprint density at radius 3 is 2.74 bits per heavy atom. The van der Waals surface area contributed by atoms with Crippen LogP contribution in [0, 0.1) is 5.92 Å². The normalized spacial score (nSPS) is 19.0. The number of H-pyrrole nitrogens is 1. The molecule has 0 spiro atoms. The number of aromatic amines is 1. The van der Waals surface area contributed by atoms with Crippen LogP contribution in [0.4, 0.5) is 14.6 Å². The minimum Gasteiger partial charge on any atom is -0.310 e. The van der Waals surface area contributed by atoms with Crippen LogP contribution in [0.25, 0.3) is 22.3 Å². The Bertz CT molecular complexity index is 899. The van der Waals surface area contributed by atoms with E-state index < -0.39 is 24.2 Å². The molecule has 6 nitrogen and oxygen atoms in total. The van der Waals surface area contributed by atoms with E-state index in [1.807, 2.05) is 30.3 Å². The number of carbonyl (C=O) groups is 1. The van der Waals surface area contributed by atoms with Gasteiger partial charge in [-0.3, -0.25) is 9.89 Å². The summed E-state index contributed by atoms with van der Waals surface area (Å²) in [4.78, 5) is 11.9. The topological polar surface area (TPSA) is 75.6 Å². The van der Waals surface area contributed by atoms with Gasteiger partial charge in [-0.05, 0) is 0 Å². The molecule has 23 heavy (non-hydrogen) atoms. The van der Waals surface area contributed by atoms with Crippen LogP contribution in [0.15, 0.2) is 30.3 Å². The standard InChI is InChI=1S/C15H13F2N5O/c1-22-13-10(11(21-22)8-5-3-2-4-6-8)12(19-20-13)18-14(23)9-7-15(9,16)17/h2-6,9H,7H2,1H3,(H2,18,19,20,23). The van der Waals surface area contributed by atoms with Crippen LogP contribution in [-0.4, -0.2) is 31.8 Å². The first kappa shape index (κ1) is 13.9. The lowest BCUT2D eigenvalue weighted by Crippen LogP contribution is -2.17. The molecule has 4 rings (SSSR count). The number of nitrogens with one attached hydrogen (secondary N) is 2. The monoisotopic (exact) mass is 317 g/mol. The first-order chi connectivity index (χ1) is 11.0. The Morgan fingerprint density at radius 1 is 1.39 bits per heavy atom. The maximum absolute atomic E-state index is 13.0. The number of hydrogen-bond donors (Lipinski definition) is 2. The highest BCUT2D eigenvalue weighted by Gasteiger charge is 2.61. The van der Waals surface area contributed by atoms with Gasteiger partial charge < -0.3 is 5.32 Å². The van der Waals surface area contributed by atoms with Crippen LogP contribution in [-0.2, 0) is 11.8 Å². The van der Waals surface area contributed by atoms with Crippen LogP contribution < -0.4 is 5.32 Å². The predicted molar refractivity (Wildman–Crippen MR) is 80.0 cm³/mol. The first-order valence-corrected chi connectivity index (χ1v) is 7.12. The SMILES string of the molecule is Cn1nc(-c2ccccc2)c2c(NC(=O)C3CC3(F)F)[nH]nc21. The zero-order valence-electron chi connectivity index (χ0n) is 12.2. The molecule has 1 atom stereocenters. The van der Waals surface area contributed by atoms with Gasteiger partial charge in [0.2, 0.25) is 5.91 Å². The van der Waals surface area contributed by atoms with Crippen LogP contribution >= 0.6 is 0 Å². The van der Waals surface area contributed by atoms with Gasteiger partial charge >= 0.3 is 0 Å². The molecule has 3 aromatic rings. The van der Waals surface area contributed by atoms with Gasteiger partial charge in [0.25, 0.3) is 5.92 Å². The van der Waals surface area contributed by atoms with E-state index in [2.05, 4.69) is 20.6 Å². The maximum Gasteiger partial charge on any atom is 0.260 e. The molecule has 1 saturated carbocycles. The average Bonchev–Trinajstić information content (AvgIpc) is 2.86. The summed E-state index contributed by atoms with van der Waals surface area (Å²) in [6, 6.07) is 9.40. The fourth-order valence-electron chi connectivity index (χ4n) is 2.63. The molecule has 118 valence electrons. The molecular weight excluding hydrogens is 304 g/mol.